The Kier molecular flexibility index (Phi) is 2.75. The summed E-state index contributed by atoms with van der Waals surface area (Å²) in [6.45, 7) is 0.303. The Hall–Kier alpha value is -2.64. The van der Waals surface area contributed by atoms with Crippen molar-refractivity contribution in [1.29, 1.82) is 0 Å². The van der Waals surface area contributed by atoms with Crippen molar-refractivity contribution in [3.8, 4) is 0 Å². The van der Waals surface area contributed by atoms with E-state index in [2.05, 4.69) is 25.8 Å². The van der Waals surface area contributed by atoms with Crippen molar-refractivity contribution in [3.05, 3.63) is 47.8 Å². The molecule has 0 spiro atoms. The molecule has 8 heteroatoms. The van der Waals surface area contributed by atoms with Crippen LogP contribution in [0.4, 0.5) is 14.6 Å². The number of hydrogen-bond donors (Lipinski definition) is 1. The summed E-state index contributed by atoms with van der Waals surface area (Å²) in [6, 6.07) is 3.72. The van der Waals surface area contributed by atoms with E-state index in [-0.39, 0.29) is 0 Å². The highest BCUT2D eigenvalue weighted by Gasteiger charge is 2.05. The maximum absolute atomic E-state index is 13.1. The van der Waals surface area contributed by atoms with Crippen LogP contribution in [0.15, 0.2) is 30.6 Å². The first kappa shape index (κ1) is 11.5. The van der Waals surface area contributed by atoms with E-state index >= 15 is 0 Å². The molecule has 0 atom stereocenters. The fourth-order valence-electron chi connectivity index (χ4n) is 1.64. The molecule has 0 amide bonds. The molecule has 0 aliphatic rings. The number of tetrazole rings is 1. The van der Waals surface area contributed by atoms with Crippen molar-refractivity contribution in [3.63, 3.8) is 0 Å². The Labute approximate surface area is 106 Å². The molecular weight excluding hydrogens is 254 g/mol. The quantitative estimate of drug-likeness (QED) is 0.773. The second-order valence-corrected chi connectivity index (χ2v) is 3.84. The zero-order chi connectivity index (χ0) is 13.2. The van der Waals surface area contributed by atoms with Gasteiger partial charge in [-0.3, -0.25) is 4.98 Å². The summed E-state index contributed by atoms with van der Waals surface area (Å²) in [5.41, 5.74) is 1.10. The van der Waals surface area contributed by atoms with Crippen LogP contribution in [-0.4, -0.2) is 25.0 Å². The fourth-order valence-corrected chi connectivity index (χ4v) is 1.64. The lowest BCUT2D eigenvalue weighted by Gasteiger charge is -2.07. The minimum atomic E-state index is -0.877. The fraction of sp³-hybridized carbons (Fsp3) is 0.0909. The van der Waals surface area contributed by atoms with Crippen molar-refractivity contribution < 1.29 is 8.78 Å². The molecule has 2 aromatic heterocycles. The van der Waals surface area contributed by atoms with E-state index in [0.717, 1.165) is 12.1 Å². The highest BCUT2D eigenvalue weighted by Crippen LogP contribution is 2.11. The Morgan fingerprint density at radius 3 is 2.89 bits per heavy atom. The molecule has 3 aromatic rings. The van der Waals surface area contributed by atoms with Crippen molar-refractivity contribution >= 4 is 11.5 Å². The smallest absolute Gasteiger partial charge is 0.199 e. The van der Waals surface area contributed by atoms with Crippen molar-refractivity contribution in [1.82, 2.24) is 25.0 Å². The molecule has 0 fully saturated rings. The lowest BCUT2D eigenvalue weighted by atomic mass is 10.2. The summed E-state index contributed by atoms with van der Waals surface area (Å²) in [4.78, 5) is 3.97. The second-order valence-electron chi connectivity index (χ2n) is 3.84. The van der Waals surface area contributed by atoms with Gasteiger partial charge in [-0.15, -0.1) is 5.10 Å². The van der Waals surface area contributed by atoms with Gasteiger partial charge >= 0.3 is 0 Å². The third kappa shape index (κ3) is 2.19. The zero-order valence-electron chi connectivity index (χ0n) is 9.59. The van der Waals surface area contributed by atoms with Crippen LogP contribution in [0, 0.1) is 11.6 Å². The number of halogens is 2. The van der Waals surface area contributed by atoms with Gasteiger partial charge in [-0.2, -0.15) is 4.52 Å². The van der Waals surface area contributed by atoms with Crippen LogP contribution < -0.4 is 5.32 Å². The molecule has 0 radical (unpaired) electrons. The first-order chi connectivity index (χ1) is 9.24. The molecule has 0 unspecified atom stereocenters. The van der Waals surface area contributed by atoms with Gasteiger partial charge in [0.15, 0.2) is 23.1 Å². The molecule has 3 rings (SSSR count). The van der Waals surface area contributed by atoms with Gasteiger partial charge in [0, 0.05) is 6.54 Å². The molecule has 19 heavy (non-hydrogen) atoms. The molecule has 0 aliphatic heterocycles. The van der Waals surface area contributed by atoms with Gasteiger partial charge in [0.25, 0.3) is 0 Å². The Bertz CT molecular complexity index is 726. The average Bonchev–Trinajstić information content (AvgIpc) is 2.89. The first-order valence-electron chi connectivity index (χ1n) is 5.44. The van der Waals surface area contributed by atoms with Crippen molar-refractivity contribution in [2.24, 2.45) is 0 Å². The molecule has 1 N–H and O–H groups in total. The third-order valence-electron chi connectivity index (χ3n) is 2.57. The molecule has 1 aromatic carbocycles. The number of fused-ring (bicyclic) bond motifs is 1. The lowest BCUT2D eigenvalue weighted by molar-refractivity contribution is 0.507. The molecule has 96 valence electrons. The minimum Gasteiger partial charge on any atom is -0.365 e. The van der Waals surface area contributed by atoms with Crippen LogP contribution in [0.2, 0.25) is 0 Å². The summed E-state index contributed by atoms with van der Waals surface area (Å²) in [7, 11) is 0. The van der Waals surface area contributed by atoms with Gasteiger partial charge in [-0.1, -0.05) is 6.07 Å². The topological polar surface area (TPSA) is 68.0 Å². The summed E-state index contributed by atoms with van der Waals surface area (Å²) in [6.07, 6.45) is 3.06. The second kappa shape index (κ2) is 4.56. The summed E-state index contributed by atoms with van der Waals surface area (Å²) in [5, 5.41) is 14.1. The SMILES string of the molecule is Fc1ccc(CNc2cncc3nnnn23)cc1F. The molecule has 0 saturated heterocycles. The van der Waals surface area contributed by atoms with Crippen molar-refractivity contribution in [2.45, 2.75) is 6.54 Å². The maximum Gasteiger partial charge on any atom is 0.199 e. The third-order valence-corrected chi connectivity index (χ3v) is 2.57. The van der Waals surface area contributed by atoms with E-state index in [4.69, 9.17) is 0 Å². The van der Waals surface area contributed by atoms with Crippen LogP contribution in [0.1, 0.15) is 5.56 Å². The Balaban J connectivity index is 1.82. The number of hydrogen-bond acceptors (Lipinski definition) is 5. The van der Waals surface area contributed by atoms with Crippen LogP contribution in [-0.2, 0) is 6.54 Å². The number of nitrogens with zero attached hydrogens (tertiary/aromatic N) is 5. The highest BCUT2D eigenvalue weighted by molar-refractivity contribution is 5.44. The predicted molar refractivity (Wildman–Crippen MR) is 62.3 cm³/mol. The number of nitrogens with one attached hydrogen (secondary N) is 1. The number of anilines is 1. The number of aromatic nitrogens is 5. The summed E-state index contributed by atoms with van der Waals surface area (Å²) >= 11 is 0. The van der Waals surface area contributed by atoms with Crippen LogP contribution in [0.3, 0.4) is 0 Å². The maximum atomic E-state index is 13.1. The molecular formula is C11H8F2N6. The monoisotopic (exact) mass is 262 g/mol. The van der Waals surface area contributed by atoms with Gasteiger partial charge in [0.1, 0.15) is 0 Å². The highest BCUT2D eigenvalue weighted by atomic mass is 19.2. The van der Waals surface area contributed by atoms with Crippen LogP contribution in [0.5, 0.6) is 0 Å². The van der Waals surface area contributed by atoms with E-state index in [1.165, 1.54) is 16.8 Å². The van der Waals surface area contributed by atoms with E-state index in [1.807, 2.05) is 0 Å². The lowest BCUT2D eigenvalue weighted by Crippen LogP contribution is -2.06. The summed E-state index contributed by atoms with van der Waals surface area (Å²) < 4.78 is 27.3. The molecule has 6 nitrogen and oxygen atoms in total. The standard InChI is InChI=1S/C11H8F2N6/c12-8-2-1-7(3-9(8)13)4-15-10-5-14-6-11-16-17-18-19(10)11/h1-3,5-6,15H,4H2. The van der Waals surface area contributed by atoms with Crippen molar-refractivity contribution in [2.75, 3.05) is 5.32 Å². The number of benzene rings is 1. The minimum absolute atomic E-state index is 0.303. The zero-order valence-corrected chi connectivity index (χ0v) is 9.59. The van der Waals surface area contributed by atoms with E-state index in [0.29, 0.717) is 23.6 Å². The molecule has 0 aliphatic carbocycles. The number of rotatable bonds is 3. The molecule has 0 bridgehead atoms. The normalized spacial score (nSPS) is 10.8. The van der Waals surface area contributed by atoms with E-state index in [1.54, 1.807) is 6.20 Å². The van der Waals surface area contributed by atoms with Gasteiger partial charge in [0.2, 0.25) is 0 Å². The molecule has 0 saturated carbocycles. The predicted octanol–water partition coefficient (Wildman–Crippen LogP) is 1.41. The van der Waals surface area contributed by atoms with E-state index < -0.39 is 11.6 Å². The van der Waals surface area contributed by atoms with Crippen LogP contribution in [0.25, 0.3) is 5.65 Å². The average molecular weight is 262 g/mol. The Morgan fingerprint density at radius 2 is 2.05 bits per heavy atom. The van der Waals surface area contributed by atoms with Gasteiger partial charge in [0.05, 0.1) is 12.4 Å². The summed E-state index contributed by atoms with van der Waals surface area (Å²) in [5.74, 6) is -1.18. The van der Waals surface area contributed by atoms with E-state index in [9.17, 15) is 8.78 Å². The first-order valence-corrected chi connectivity index (χ1v) is 5.44. The largest absolute Gasteiger partial charge is 0.365 e. The molecule has 2 heterocycles. The van der Waals surface area contributed by atoms with Gasteiger partial charge < -0.3 is 5.32 Å². The van der Waals surface area contributed by atoms with Crippen LogP contribution >= 0.6 is 0 Å². The van der Waals surface area contributed by atoms with Gasteiger partial charge in [-0.05, 0) is 28.1 Å². The van der Waals surface area contributed by atoms with Gasteiger partial charge in [-0.25, -0.2) is 8.78 Å². The Morgan fingerprint density at radius 1 is 1.16 bits per heavy atom.